The van der Waals surface area contributed by atoms with E-state index in [0.29, 0.717) is 6.54 Å². The molecule has 7 nitrogen and oxygen atoms in total. The SMILES string of the molecule is CCNC(=O)C(C)N(Cc1ccc(Br)cc1)C(=O)CCCN(c1ccccc1F)S(C)(=O)=O. The van der Waals surface area contributed by atoms with Crippen molar-refractivity contribution in [3.8, 4) is 0 Å². The summed E-state index contributed by atoms with van der Waals surface area (Å²) in [4.78, 5) is 27.0. The second-order valence-corrected chi connectivity index (χ2v) is 10.4. The molecule has 2 rings (SSSR count). The Kier molecular flexibility index (Phi) is 9.85. The highest BCUT2D eigenvalue weighted by Gasteiger charge is 2.26. The third kappa shape index (κ3) is 7.82. The van der Waals surface area contributed by atoms with Crippen molar-refractivity contribution in [1.82, 2.24) is 10.2 Å². The lowest BCUT2D eigenvalue weighted by Crippen LogP contribution is -2.47. The largest absolute Gasteiger partial charge is 0.355 e. The van der Waals surface area contributed by atoms with Crippen LogP contribution in [0, 0.1) is 5.82 Å². The number of carbonyl (C=O) groups excluding carboxylic acids is 2. The molecule has 0 spiro atoms. The van der Waals surface area contributed by atoms with Crippen LogP contribution in [0.5, 0.6) is 0 Å². The highest BCUT2D eigenvalue weighted by Crippen LogP contribution is 2.22. The molecule has 0 heterocycles. The lowest BCUT2D eigenvalue weighted by atomic mass is 10.1. The number of carbonyl (C=O) groups is 2. The van der Waals surface area contributed by atoms with Gasteiger partial charge in [-0.1, -0.05) is 40.2 Å². The second kappa shape index (κ2) is 12.1. The Morgan fingerprint density at radius 1 is 1.12 bits per heavy atom. The van der Waals surface area contributed by atoms with Crippen molar-refractivity contribution < 1.29 is 22.4 Å². The summed E-state index contributed by atoms with van der Waals surface area (Å²) in [6.07, 6.45) is 1.16. The molecule has 1 N–H and O–H groups in total. The molecule has 2 amide bonds. The van der Waals surface area contributed by atoms with E-state index in [4.69, 9.17) is 0 Å². The lowest BCUT2D eigenvalue weighted by molar-refractivity contribution is -0.140. The monoisotopic (exact) mass is 541 g/mol. The van der Waals surface area contributed by atoms with Crippen LogP contribution < -0.4 is 9.62 Å². The maximum atomic E-state index is 14.2. The van der Waals surface area contributed by atoms with E-state index in [1.54, 1.807) is 19.9 Å². The van der Waals surface area contributed by atoms with Crippen LogP contribution in [-0.2, 0) is 26.2 Å². The zero-order valence-electron chi connectivity index (χ0n) is 18.9. The van der Waals surface area contributed by atoms with Crippen molar-refractivity contribution in [2.45, 2.75) is 39.3 Å². The minimum absolute atomic E-state index is 0.000740. The van der Waals surface area contributed by atoms with Crippen LogP contribution in [0.2, 0.25) is 0 Å². The normalized spacial score (nSPS) is 12.2. The summed E-state index contributed by atoms with van der Waals surface area (Å²) >= 11 is 3.38. The molecule has 0 radical (unpaired) electrons. The van der Waals surface area contributed by atoms with E-state index in [0.717, 1.165) is 20.6 Å². The van der Waals surface area contributed by atoms with Gasteiger partial charge < -0.3 is 10.2 Å². The Morgan fingerprint density at radius 2 is 1.76 bits per heavy atom. The van der Waals surface area contributed by atoms with Crippen LogP contribution in [0.3, 0.4) is 0 Å². The maximum absolute atomic E-state index is 14.2. The van der Waals surface area contributed by atoms with Crippen LogP contribution in [-0.4, -0.2) is 50.5 Å². The summed E-state index contributed by atoms with van der Waals surface area (Å²) in [6.45, 7) is 4.06. The average Bonchev–Trinajstić information content (AvgIpc) is 2.76. The third-order valence-electron chi connectivity index (χ3n) is 5.06. The van der Waals surface area contributed by atoms with Crippen molar-refractivity contribution in [2.75, 3.05) is 23.7 Å². The van der Waals surface area contributed by atoms with Gasteiger partial charge in [0.25, 0.3) is 0 Å². The molecule has 2 aromatic carbocycles. The van der Waals surface area contributed by atoms with Crippen LogP contribution in [0.1, 0.15) is 32.3 Å². The quantitative estimate of drug-likeness (QED) is 0.470. The fourth-order valence-electron chi connectivity index (χ4n) is 3.33. The van der Waals surface area contributed by atoms with Gasteiger partial charge in [0.05, 0.1) is 11.9 Å². The van der Waals surface area contributed by atoms with E-state index in [1.807, 2.05) is 24.3 Å². The number of rotatable bonds is 11. The lowest BCUT2D eigenvalue weighted by Gasteiger charge is -2.29. The van der Waals surface area contributed by atoms with Gasteiger partial charge in [-0.2, -0.15) is 0 Å². The predicted molar refractivity (Wildman–Crippen MR) is 131 cm³/mol. The zero-order chi connectivity index (χ0) is 24.6. The number of anilines is 1. The molecule has 0 fully saturated rings. The number of nitrogens with zero attached hydrogens (tertiary/aromatic N) is 2. The number of hydrogen-bond donors (Lipinski definition) is 1. The number of likely N-dealkylation sites (N-methyl/N-ethyl adjacent to an activating group) is 1. The van der Waals surface area contributed by atoms with Crippen molar-refractivity contribution in [3.63, 3.8) is 0 Å². The number of halogens is 2. The number of benzene rings is 2. The van der Waals surface area contributed by atoms with E-state index >= 15 is 0 Å². The van der Waals surface area contributed by atoms with Gasteiger partial charge in [0.15, 0.2) is 0 Å². The fourth-order valence-corrected chi connectivity index (χ4v) is 4.56. The van der Waals surface area contributed by atoms with Gasteiger partial charge >= 0.3 is 0 Å². The molecule has 1 atom stereocenters. The van der Waals surface area contributed by atoms with E-state index in [2.05, 4.69) is 21.2 Å². The summed E-state index contributed by atoms with van der Waals surface area (Å²) in [5.74, 6) is -1.22. The van der Waals surface area contributed by atoms with Crippen LogP contribution >= 0.6 is 15.9 Å². The van der Waals surface area contributed by atoms with Gasteiger partial charge in [-0.25, -0.2) is 12.8 Å². The first-order valence-corrected chi connectivity index (χ1v) is 13.2. The highest BCUT2D eigenvalue weighted by atomic mass is 79.9. The molecule has 0 bridgehead atoms. The molecular formula is C23H29BrFN3O4S. The van der Waals surface area contributed by atoms with Crippen LogP contribution in [0.4, 0.5) is 10.1 Å². The van der Waals surface area contributed by atoms with E-state index in [-0.39, 0.29) is 43.4 Å². The number of sulfonamides is 1. The highest BCUT2D eigenvalue weighted by molar-refractivity contribution is 9.10. The second-order valence-electron chi connectivity index (χ2n) is 7.61. The Balaban J connectivity index is 2.15. The summed E-state index contributed by atoms with van der Waals surface area (Å²) < 4.78 is 40.5. The van der Waals surface area contributed by atoms with Crippen LogP contribution in [0.25, 0.3) is 0 Å². The van der Waals surface area contributed by atoms with E-state index < -0.39 is 21.9 Å². The van der Waals surface area contributed by atoms with E-state index in [1.165, 1.54) is 23.1 Å². The fraction of sp³-hybridized carbons (Fsp3) is 0.391. The average molecular weight is 542 g/mol. The minimum atomic E-state index is -3.75. The molecule has 0 saturated heterocycles. The molecule has 2 aromatic rings. The molecule has 10 heteroatoms. The van der Waals surface area contributed by atoms with Gasteiger partial charge in [0, 0.05) is 30.5 Å². The molecular weight excluding hydrogens is 513 g/mol. The zero-order valence-corrected chi connectivity index (χ0v) is 21.3. The predicted octanol–water partition coefficient (Wildman–Crippen LogP) is 3.69. The van der Waals surface area contributed by atoms with Crippen molar-refractivity contribution in [3.05, 3.63) is 64.4 Å². The summed E-state index contributed by atoms with van der Waals surface area (Å²) in [5.41, 5.74) is 0.793. The Morgan fingerprint density at radius 3 is 2.33 bits per heavy atom. The maximum Gasteiger partial charge on any atom is 0.242 e. The third-order valence-corrected chi connectivity index (χ3v) is 6.77. The van der Waals surface area contributed by atoms with Gasteiger partial charge in [-0.05, 0) is 50.1 Å². The van der Waals surface area contributed by atoms with Crippen molar-refractivity contribution in [2.24, 2.45) is 0 Å². The Hall–Kier alpha value is -2.46. The smallest absolute Gasteiger partial charge is 0.242 e. The first-order valence-electron chi connectivity index (χ1n) is 10.6. The molecule has 0 aliphatic heterocycles. The molecule has 0 saturated carbocycles. The first kappa shape index (κ1) is 26.8. The first-order chi connectivity index (χ1) is 15.5. The van der Waals surface area contributed by atoms with Gasteiger partial charge in [-0.15, -0.1) is 0 Å². The van der Waals surface area contributed by atoms with Gasteiger partial charge in [0.2, 0.25) is 21.8 Å². The molecule has 180 valence electrons. The summed E-state index contributed by atoms with van der Waals surface area (Å²) in [7, 11) is -3.75. The number of nitrogens with one attached hydrogen (secondary N) is 1. The van der Waals surface area contributed by atoms with E-state index in [9.17, 15) is 22.4 Å². The number of hydrogen-bond acceptors (Lipinski definition) is 4. The Bertz CT molecular complexity index is 1060. The molecule has 33 heavy (non-hydrogen) atoms. The van der Waals surface area contributed by atoms with Gasteiger partial charge in [0.1, 0.15) is 11.9 Å². The van der Waals surface area contributed by atoms with Crippen LogP contribution in [0.15, 0.2) is 53.0 Å². The molecule has 0 aliphatic rings. The molecule has 1 unspecified atom stereocenters. The topological polar surface area (TPSA) is 86.8 Å². The van der Waals surface area contributed by atoms with Crippen molar-refractivity contribution >= 4 is 43.5 Å². The van der Waals surface area contributed by atoms with Crippen molar-refractivity contribution in [1.29, 1.82) is 0 Å². The number of amides is 2. The summed E-state index contributed by atoms with van der Waals surface area (Å²) in [5, 5.41) is 2.73. The van der Waals surface area contributed by atoms with Gasteiger partial charge in [-0.3, -0.25) is 13.9 Å². The Labute approximate surface area is 203 Å². The molecule has 0 aliphatic carbocycles. The number of para-hydroxylation sites is 1. The standard InChI is InChI=1S/C23H29BrFN3O4S/c1-4-26-23(30)17(2)27(16-18-11-13-19(24)14-12-18)22(29)10-7-15-28(33(3,31)32)21-9-6-5-8-20(21)25/h5-6,8-9,11-14,17H,4,7,10,15-16H2,1-3H3,(H,26,30). The minimum Gasteiger partial charge on any atom is -0.355 e. The molecule has 0 aromatic heterocycles. The summed E-state index contributed by atoms with van der Waals surface area (Å²) in [6, 6.07) is 12.3.